The Morgan fingerprint density at radius 1 is 1.29 bits per heavy atom. The highest BCUT2D eigenvalue weighted by atomic mass is 16.3. The molecule has 1 aromatic rings. The molecule has 1 fully saturated rings. The highest BCUT2D eigenvalue weighted by Gasteiger charge is 2.36. The van der Waals surface area contributed by atoms with Crippen LogP contribution in [-0.4, -0.2) is 9.67 Å². The maximum Gasteiger partial charge on any atom is 0.0812 e. The van der Waals surface area contributed by atoms with Crippen LogP contribution in [0.15, 0.2) is 6.07 Å². The second-order valence-corrected chi connectivity index (χ2v) is 8.14. The van der Waals surface area contributed by atoms with E-state index in [0.29, 0.717) is 6.04 Å². The van der Waals surface area contributed by atoms with Gasteiger partial charge in [0.15, 0.2) is 0 Å². The first-order chi connectivity index (χ1) is 9.93. The van der Waals surface area contributed by atoms with Crippen LogP contribution in [0.4, 0.5) is 0 Å². The average molecular weight is 289 g/mol. The van der Waals surface area contributed by atoms with Crippen molar-refractivity contribution in [2.24, 2.45) is 11.3 Å². The topological polar surface area (TPSA) is 25.2 Å². The van der Waals surface area contributed by atoms with E-state index in [2.05, 4.69) is 38.3 Å². The zero-order valence-corrected chi connectivity index (χ0v) is 14.2. The lowest BCUT2D eigenvalue weighted by Gasteiger charge is -2.38. The number of aromatic nitrogens is 1. The standard InChI is InChI=1S/C19H31NO/c1-5-14-8-6-7-9-16(14)20-13(2)10-15-17(20)11-19(3,4)12-18(15)21/h10,14,16,18,21H,5-9,11-12H2,1-4H3. The number of hydrogen-bond acceptors (Lipinski definition) is 1. The fourth-order valence-corrected chi connectivity index (χ4v) is 4.83. The van der Waals surface area contributed by atoms with Gasteiger partial charge in [-0.15, -0.1) is 0 Å². The third-order valence-electron chi connectivity index (χ3n) is 5.84. The first-order valence-electron chi connectivity index (χ1n) is 8.81. The molecule has 118 valence electrons. The molecule has 1 N–H and O–H groups in total. The van der Waals surface area contributed by atoms with Gasteiger partial charge in [-0.1, -0.05) is 40.0 Å². The smallest absolute Gasteiger partial charge is 0.0812 e. The molecule has 21 heavy (non-hydrogen) atoms. The Labute approximate surface area is 129 Å². The summed E-state index contributed by atoms with van der Waals surface area (Å²) in [5, 5.41) is 10.5. The second-order valence-electron chi connectivity index (χ2n) is 8.14. The van der Waals surface area contributed by atoms with E-state index < -0.39 is 0 Å². The highest BCUT2D eigenvalue weighted by Crippen LogP contribution is 2.45. The van der Waals surface area contributed by atoms with E-state index in [9.17, 15) is 5.11 Å². The number of hydrogen-bond donors (Lipinski definition) is 1. The zero-order valence-electron chi connectivity index (χ0n) is 14.2. The van der Waals surface area contributed by atoms with Gasteiger partial charge in [0, 0.05) is 23.0 Å². The summed E-state index contributed by atoms with van der Waals surface area (Å²) >= 11 is 0. The normalized spacial score (nSPS) is 32.0. The molecule has 3 rings (SSSR count). The summed E-state index contributed by atoms with van der Waals surface area (Å²) in [6, 6.07) is 2.92. The molecular weight excluding hydrogens is 258 g/mol. The zero-order chi connectivity index (χ0) is 15.2. The number of rotatable bonds is 2. The van der Waals surface area contributed by atoms with Gasteiger partial charge in [-0.25, -0.2) is 0 Å². The summed E-state index contributed by atoms with van der Waals surface area (Å²) in [4.78, 5) is 0. The van der Waals surface area contributed by atoms with Crippen LogP contribution in [0.3, 0.4) is 0 Å². The van der Waals surface area contributed by atoms with E-state index in [4.69, 9.17) is 0 Å². The van der Waals surface area contributed by atoms with Crippen molar-refractivity contribution in [1.29, 1.82) is 0 Å². The minimum absolute atomic E-state index is 0.214. The van der Waals surface area contributed by atoms with Gasteiger partial charge in [0.1, 0.15) is 0 Å². The molecule has 3 unspecified atom stereocenters. The molecule has 1 heterocycles. The molecule has 0 bridgehead atoms. The quantitative estimate of drug-likeness (QED) is 0.819. The lowest BCUT2D eigenvalue weighted by molar-refractivity contribution is 0.0957. The van der Waals surface area contributed by atoms with Gasteiger partial charge in [0.05, 0.1) is 6.10 Å². The van der Waals surface area contributed by atoms with Crippen LogP contribution in [0.5, 0.6) is 0 Å². The van der Waals surface area contributed by atoms with E-state index >= 15 is 0 Å². The number of aliphatic hydroxyl groups is 1. The predicted molar refractivity (Wildman–Crippen MR) is 87.5 cm³/mol. The Kier molecular flexibility index (Phi) is 3.94. The van der Waals surface area contributed by atoms with E-state index in [1.165, 1.54) is 49.1 Å². The molecule has 0 aliphatic heterocycles. The van der Waals surface area contributed by atoms with Gasteiger partial charge in [-0.3, -0.25) is 0 Å². The summed E-state index contributed by atoms with van der Waals surface area (Å²) in [6.07, 6.45) is 8.46. The van der Waals surface area contributed by atoms with Crippen molar-refractivity contribution in [2.75, 3.05) is 0 Å². The Balaban J connectivity index is 2.03. The summed E-state index contributed by atoms with van der Waals surface area (Å²) in [5.74, 6) is 0.816. The lowest BCUT2D eigenvalue weighted by Crippen LogP contribution is -2.30. The van der Waals surface area contributed by atoms with E-state index in [1.807, 2.05) is 0 Å². The molecule has 0 radical (unpaired) electrons. The SMILES string of the molecule is CCC1CCCCC1n1c(C)cc2c1CC(C)(C)CC2O. The summed E-state index contributed by atoms with van der Waals surface area (Å²) in [5.41, 5.74) is 4.22. The minimum Gasteiger partial charge on any atom is -0.388 e. The molecule has 0 amide bonds. The molecule has 1 aromatic heterocycles. The third kappa shape index (κ3) is 2.67. The third-order valence-corrected chi connectivity index (χ3v) is 5.84. The lowest BCUT2D eigenvalue weighted by atomic mass is 9.75. The maximum atomic E-state index is 10.5. The highest BCUT2D eigenvalue weighted by molar-refractivity contribution is 5.34. The van der Waals surface area contributed by atoms with Crippen LogP contribution in [0.25, 0.3) is 0 Å². The number of aryl methyl sites for hydroxylation is 1. The maximum absolute atomic E-state index is 10.5. The monoisotopic (exact) mass is 289 g/mol. The van der Waals surface area contributed by atoms with E-state index in [1.54, 1.807) is 0 Å². The van der Waals surface area contributed by atoms with Crippen molar-refractivity contribution < 1.29 is 5.11 Å². The van der Waals surface area contributed by atoms with Crippen LogP contribution < -0.4 is 0 Å². The van der Waals surface area contributed by atoms with Crippen LogP contribution in [0, 0.1) is 18.3 Å². The largest absolute Gasteiger partial charge is 0.388 e. The first kappa shape index (κ1) is 15.1. The van der Waals surface area contributed by atoms with E-state index in [-0.39, 0.29) is 11.5 Å². The molecule has 0 aromatic carbocycles. The van der Waals surface area contributed by atoms with Crippen LogP contribution in [-0.2, 0) is 6.42 Å². The number of fused-ring (bicyclic) bond motifs is 1. The molecule has 2 aliphatic rings. The van der Waals surface area contributed by atoms with Crippen molar-refractivity contribution in [3.63, 3.8) is 0 Å². The molecule has 2 nitrogen and oxygen atoms in total. The molecule has 3 atom stereocenters. The Morgan fingerprint density at radius 2 is 2.00 bits per heavy atom. The number of nitrogens with zero attached hydrogens (tertiary/aromatic N) is 1. The minimum atomic E-state index is -0.271. The summed E-state index contributed by atoms with van der Waals surface area (Å²) < 4.78 is 2.62. The molecule has 1 saturated carbocycles. The second kappa shape index (κ2) is 5.46. The van der Waals surface area contributed by atoms with E-state index in [0.717, 1.165) is 18.8 Å². The molecule has 0 spiro atoms. The van der Waals surface area contributed by atoms with Gasteiger partial charge in [-0.05, 0) is 50.0 Å². The average Bonchev–Trinajstić information content (AvgIpc) is 2.74. The Bertz CT molecular complexity index is 514. The van der Waals surface area contributed by atoms with Crippen molar-refractivity contribution in [3.8, 4) is 0 Å². The van der Waals surface area contributed by atoms with Crippen molar-refractivity contribution in [3.05, 3.63) is 23.0 Å². The van der Waals surface area contributed by atoms with Gasteiger partial charge in [0.25, 0.3) is 0 Å². The molecular formula is C19H31NO. The fourth-order valence-electron chi connectivity index (χ4n) is 4.83. The Morgan fingerprint density at radius 3 is 2.71 bits per heavy atom. The van der Waals surface area contributed by atoms with Crippen LogP contribution >= 0.6 is 0 Å². The van der Waals surface area contributed by atoms with Gasteiger partial charge in [-0.2, -0.15) is 0 Å². The van der Waals surface area contributed by atoms with Crippen LogP contribution in [0.1, 0.15) is 88.4 Å². The predicted octanol–water partition coefficient (Wildman–Crippen LogP) is 4.94. The summed E-state index contributed by atoms with van der Waals surface area (Å²) in [7, 11) is 0. The van der Waals surface area contributed by atoms with Crippen molar-refractivity contribution >= 4 is 0 Å². The van der Waals surface area contributed by atoms with Crippen molar-refractivity contribution in [1.82, 2.24) is 4.57 Å². The molecule has 2 aliphatic carbocycles. The molecule has 0 saturated heterocycles. The first-order valence-corrected chi connectivity index (χ1v) is 8.81. The Hall–Kier alpha value is -0.760. The van der Waals surface area contributed by atoms with Crippen LogP contribution in [0.2, 0.25) is 0 Å². The summed E-state index contributed by atoms with van der Waals surface area (Å²) in [6.45, 7) is 9.17. The van der Waals surface area contributed by atoms with Gasteiger partial charge >= 0.3 is 0 Å². The molecule has 2 heteroatoms. The van der Waals surface area contributed by atoms with Gasteiger partial charge in [0.2, 0.25) is 0 Å². The fraction of sp³-hybridized carbons (Fsp3) is 0.789. The van der Waals surface area contributed by atoms with Crippen molar-refractivity contribution in [2.45, 2.75) is 84.8 Å². The number of aliphatic hydroxyl groups excluding tert-OH is 1. The van der Waals surface area contributed by atoms with Gasteiger partial charge < -0.3 is 9.67 Å².